The van der Waals surface area contributed by atoms with E-state index in [0.29, 0.717) is 35.5 Å². The van der Waals surface area contributed by atoms with Crippen LogP contribution in [0.25, 0.3) is 11.3 Å². The standard InChI is InChI=1S/C21H16F2N4O4/c1-11-2-5-16(26-17(11)12-9-24-19(29)25-10-12)27-18(28)20(6-7-20)13-3-4-14-15(8-13)31-21(22,23)30-14/h2-5,8-10H,6-7H2,1H3,(H,24,25,29)(H,26,27,28). The number of amides is 1. The number of ether oxygens (including phenoxy) is 2. The number of aryl methyl sites for hydroxylation is 1. The van der Waals surface area contributed by atoms with E-state index in [-0.39, 0.29) is 17.4 Å². The number of aromatic nitrogens is 3. The largest absolute Gasteiger partial charge is 0.586 e. The normalized spacial score (nSPS) is 17.3. The number of benzene rings is 1. The zero-order valence-corrected chi connectivity index (χ0v) is 16.2. The molecule has 0 unspecified atom stereocenters. The second-order valence-corrected chi connectivity index (χ2v) is 7.53. The van der Waals surface area contributed by atoms with E-state index in [1.165, 1.54) is 24.5 Å². The van der Waals surface area contributed by atoms with Gasteiger partial charge in [0.1, 0.15) is 5.82 Å². The third-order valence-electron chi connectivity index (χ3n) is 5.42. The Bertz CT molecular complexity index is 1250. The van der Waals surface area contributed by atoms with Crippen LogP contribution in [-0.4, -0.2) is 27.2 Å². The minimum atomic E-state index is -3.71. The number of H-pyrrole nitrogens is 1. The number of nitrogens with zero attached hydrogens (tertiary/aromatic N) is 2. The van der Waals surface area contributed by atoms with Gasteiger partial charge in [-0.15, -0.1) is 8.78 Å². The molecule has 2 aliphatic rings. The molecule has 1 fully saturated rings. The number of nitrogens with one attached hydrogen (secondary N) is 2. The molecule has 1 saturated carbocycles. The minimum absolute atomic E-state index is 0.0655. The quantitative estimate of drug-likeness (QED) is 0.664. The summed E-state index contributed by atoms with van der Waals surface area (Å²) in [5.41, 5.74) is 1.26. The lowest BCUT2D eigenvalue weighted by molar-refractivity contribution is -0.286. The predicted molar refractivity (Wildman–Crippen MR) is 105 cm³/mol. The second kappa shape index (κ2) is 6.59. The lowest BCUT2D eigenvalue weighted by atomic mass is 9.94. The highest BCUT2D eigenvalue weighted by Gasteiger charge is 2.53. The minimum Gasteiger partial charge on any atom is -0.395 e. The summed E-state index contributed by atoms with van der Waals surface area (Å²) in [4.78, 5) is 35.0. The van der Waals surface area contributed by atoms with Gasteiger partial charge in [0.25, 0.3) is 0 Å². The third-order valence-corrected chi connectivity index (χ3v) is 5.42. The van der Waals surface area contributed by atoms with Gasteiger partial charge < -0.3 is 19.8 Å². The molecule has 1 aliphatic heterocycles. The molecule has 1 aliphatic carbocycles. The number of fused-ring (bicyclic) bond motifs is 1. The number of alkyl halides is 2. The Morgan fingerprint density at radius 2 is 1.94 bits per heavy atom. The van der Waals surface area contributed by atoms with Crippen molar-refractivity contribution in [2.45, 2.75) is 31.5 Å². The fourth-order valence-electron chi connectivity index (χ4n) is 3.62. The third kappa shape index (κ3) is 3.39. The topological polar surface area (TPSA) is 106 Å². The molecule has 5 rings (SSSR count). The Kier molecular flexibility index (Phi) is 4.07. The molecule has 0 atom stereocenters. The molecule has 158 valence electrons. The average molecular weight is 426 g/mol. The molecule has 0 bridgehead atoms. The Balaban J connectivity index is 1.40. The summed E-state index contributed by atoms with van der Waals surface area (Å²) in [7, 11) is 0. The molecule has 8 nitrogen and oxygen atoms in total. The Morgan fingerprint density at radius 3 is 2.65 bits per heavy atom. The van der Waals surface area contributed by atoms with Gasteiger partial charge in [-0.3, -0.25) is 4.79 Å². The van der Waals surface area contributed by atoms with Crippen molar-refractivity contribution in [3.8, 4) is 22.8 Å². The van der Waals surface area contributed by atoms with E-state index in [1.54, 1.807) is 18.2 Å². The summed E-state index contributed by atoms with van der Waals surface area (Å²) in [5.74, 6) is -0.123. The summed E-state index contributed by atoms with van der Waals surface area (Å²) in [6, 6.07) is 7.86. The summed E-state index contributed by atoms with van der Waals surface area (Å²) in [5, 5.41) is 2.81. The van der Waals surface area contributed by atoms with Crippen LogP contribution in [0.1, 0.15) is 24.0 Å². The fraction of sp³-hybridized carbons (Fsp3) is 0.238. The molecular weight excluding hydrogens is 410 g/mol. The van der Waals surface area contributed by atoms with Gasteiger partial charge in [0, 0.05) is 18.0 Å². The summed E-state index contributed by atoms with van der Waals surface area (Å²) in [6.07, 6.45) is 0.333. The molecule has 0 saturated heterocycles. The monoisotopic (exact) mass is 426 g/mol. The van der Waals surface area contributed by atoms with Crippen LogP contribution < -0.4 is 20.5 Å². The van der Waals surface area contributed by atoms with Gasteiger partial charge in [0.15, 0.2) is 11.5 Å². The van der Waals surface area contributed by atoms with Crippen molar-refractivity contribution < 1.29 is 23.0 Å². The molecule has 10 heteroatoms. The smallest absolute Gasteiger partial charge is 0.395 e. The van der Waals surface area contributed by atoms with E-state index in [4.69, 9.17) is 0 Å². The van der Waals surface area contributed by atoms with Gasteiger partial charge in [-0.25, -0.2) is 14.8 Å². The van der Waals surface area contributed by atoms with Crippen LogP contribution in [0.3, 0.4) is 0 Å². The number of pyridine rings is 1. The summed E-state index contributed by atoms with van der Waals surface area (Å²) < 4.78 is 35.5. The molecule has 0 radical (unpaired) electrons. The molecule has 31 heavy (non-hydrogen) atoms. The molecule has 2 aromatic heterocycles. The average Bonchev–Trinajstić information content (AvgIpc) is 3.47. The van der Waals surface area contributed by atoms with Crippen molar-refractivity contribution in [3.63, 3.8) is 0 Å². The van der Waals surface area contributed by atoms with Crippen LogP contribution in [-0.2, 0) is 10.2 Å². The maximum atomic E-state index is 13.3. The van der Waals surface area contributed by atoms with E-state index < -0.39 is 17.4 Å². The van der Waals surface area contributed by atoms with E-state index in [9.17, 15) is 18.4 Å². The SMILES string of the molecule is Cc1ccc(NC(=O)C2(c3ccc4c(c3)OC(F)(F)O4)CC2)nc1-c1cnc(=O)[nH]c1. The van der Waals surface area contributed by atoms with E-state index in [1.807, 2.05) is 6.92 Å². The van der Waals surface area contributed by atoms with Crippen LogP contribution in [0.5, 0.6) is 11.5 Å². The molecule has 1 aromatic carbocycles. The van der Waals surface area contributed by atoms with Crippen molar-refractivity contribution in [3.05, 3.63) is 64.3 Å². The van der Waals surface area contributed by atoms with Crippen molar-refractivity contribution in [1.82, 2.24) is 15.0 Å². The molecule has 3 aromatic rings. The van der Waals surface area contributed by atoms with E-state index in [0.717, 1.165) is 5.56 Å². The number of hydrogen-bond acceptors (Lipinski definition) is 6. The van der Waals surface area contributed by atoms with Crippen molar-refractivity contribution in [2.24, 2.45) is 0 Å². The zero-order chi connectivity index (χ0) is 21.8. The van der Waals surface area contributed by atoms with Crippen LogP contribution in [0.15, 0.2) is 47.5 Å². The van der Waals surface area contributed by atoms with Crippen LogP contribution in [0, 0.1) is 6.92 Å². The lowest BCUT2D eigenvalue weighted by Gasteiger charge is -2.16. The van der Waals surface area contributed by atoms with Crippen molar-refractivity contribution in [1.29, 1.82) is 0 Å². The lowest BCUT2D eigenvalue weighted by Crippen LogP contribution is -2.28. The number of rotatable bonds is 4. The van der Waals surface area contributed by atoms with Gasteiger partial charge in [-0.1, -0.05) is 12.1 Å². The van der Waals surface area contributed by atoms with Gasteiger partial charge >= 0.3 is 12.0 Å². The number of carbonyl (C=O) groups excluding carboxylic acids is 1. The van der Waals surface area contributed by atoms with Crippen LogP contribution in [0.2, 0.25) is 0 Å². The maximum Gasteiger partial charge on any atom is 0.586 e. The van der Waals surface area contributed by atoms with Gasteiger partial charge in [-0.2, -0.15) is 0 Å². The molecule has 3 heterocycles. The van der Waals surface area contributed by atoms with Crippen LogP contribution >= 0.6 is 0 Å². The number of hydrogen-bond donors (Lipinski definition) is 2. The Hall–Kier alpha value is -3.82. The van der Waals surface area contributed by atoms with Crippen molar-refractivity contribution >= 4 is 11.7 Å². The number of aromatic amines is 1. The van der Waals surface area contributed by atoms with Gasteiger partial charge in [0.05, 0.1) is 11.1 Å². The molecule has 2 N–H and O–H groups in total. The first-order valence-corrected chi connectivity index (χ1v) is 9.50. The van der Waals surface area contributed by atoms with Gasteiger partial charge in [-0.05, 0) is 49.1 Å². The Morgan fingerprint density at radius 1 is 1.16 bits per heavy atom. The Labute approximate surface area is 174 Å². The van der Waals surface area contributed by atoms with Crippen molar-refractivity contribution in [2.75, 3.05) is 5.32 Å². The first kappa shape index (κ1) is 19.2. The predicted octanol–water partition coefficient (Wildman–Crippen LogP) is 3.13. The summed E-state index contributed by atoms with van der Waals surface area (Å²) >= 11 is 0. The zero-order valence-electron chi connectivity index (χ0n) is 16.2. The van der Waals surface area contributed by atoms with E-state index >= 15 is 0 Å². The van der Waals surface area contributed by atoms with E-state index in [2.05, 4.69) is 29.7 Å². The fourth-order valence-corrected chi connectivity index (χ4v) is 3.62. The first-order valence-electron chi connectivity index (χ1n) is 9.50. The maximum absolute atomic E-state index is 13.3. The molecule has 1 amide bonds. The second-order valence-electron chi connectivity index (χ2n) is 7.53. The van der Waals surface area contributed by atoms with Gasteiger partial charge in [0.2, 0.25) is 5.91 Å². The first-order chi connectivity index (χ1) is 14.8. The number of halogens is 2. The highest BCUT2D eigenvalue weighted by molar-refractivity contribution is 6.01. The molecular formula is C21H16F2N4O4. The highest BCUT2D eigenvalue weighted by atomic mass is 19.3. The number of anilines is 1. The number of carbonyl (C=O) groups is 1. The highest BCUT2D eigenvalue weighted by Crippen LogP contribution is 2.52. The summed E-state index contributed by atoms with van der Waals surface area (Å²) in [6.45, 7) is 1.85. The molecule has 0 spiro atoms. The van der Waals surface area contributed by atoms with Crippen LogP contribution in [0.4, 0.5) is 14.6 Å².